The molecule has 0 unspecified atom stereocenters. The molecule has 0 aliphatic rings. The lowest BCUT2D eigenvalue weighted by atomic mass is 10.3. The van der Waals surface area contributed by atoms with E-state index >= 15 is 0 Å². The first-order chi connectivity index (χ1) is 6.75. The van der Waals surface area contributed by atoms with Gasteiger partial charge in [0.15, 0.2) is 0 Å². The summed E-state index contributed by atoms with van der Waals surface area (Å²) >= 11 is 3.09. The monoisotopic (exact) mass is 256 g/mol. The number of aromatic amines is 1. The van der Waals surface area contributed by atoms with Crippen LogP contribution in [0.25, 0.3) is 0 Å². The Bertz CT molecular complexity index is 429. The highest BCUT2D eigenvalue weighted by Crippen LogP contribution is 2.21. The average molecular weight is 257 g/mol. The third-order valence-corrected chi connectivity index (χ3v) is 2.22. The van der Waals surface area contributed by atoms with Crippen LogP contribution < -0.4 is 5.32 Å². The minimum Gasteiger partial charge on any atom is -0.339 e. The largest absolute Gasteiger partial charge is 0.339 e. The predicted molar refractivity (Wildman–Crippen MR) is 53.8 cm³/mol. The third kappa shape index (κ3) is 1.90. The second-order valence-corrected chi connectivity index (χ2v) is 3.48. The molecule has 0 bridgehead atoms. The highest BCUT2D eigenvalue weighted by molar-refractivity contribution is 9.10. The molecule has 2 aromatic rings. The van der Waals surface area contributed by atoms with Crippen molar-refractivity contribution in [1.29, 1.82) is 0 Å². The van der Waals surface area contributed by atoms with Gasteiger partial charge in [0.25, 0.3) is 0 Å². The molecular weight excluding hydrogens is 251 g/mol. The Morgan fingerprint density at radius 2 is 2.29 bits per heavy atom. The summed E-state index contributed by atoms with van der Waals surface area (Å²) in [6.45, 7) is 0. The van der Waals surface area contributed by atoms with Crippen LogP contribution in [0.1, 0.15) is 0 Å². The molecule has 0 saturated heterocycles. The molecular formula is C8H6BrFN4. The highest BCUT2D eigenvalue weighted by Gasteiger charge is 2.01. The fourth-order valence-electron chi connectivity index (χ4n) is 0.988. The van der Waals surface area contributed by atoms with Crippen molar-refractivity contribution in [2.75, 3.05) is 5.32 Å². The average Bonchev–Trinajstić information content (AvgIpc) is 2.64. The highest BCUT2D eigenvalue weighted by atomic mass is 79.9. The van der Waals surface area contributed by atoms with Crippen molar-refractivity contribution >= 4 is 27.4 Å². The first kappa shape index (κ1) is 9.14. The molecule has 0 spiro atoms. The summed E-state index contributed by atoms with van der Waals surface area (Å²) in [5.74, 6) is 0.363. The Hall–Kier alpha value is -1.43. The second kappa shape index (κ2) is 3.75. The molecule has 1 aromatic carbocycles. The first-order valence-electron chi connectivity index (χ1n) is 3.84. The van der Waals surface area contributed by atoms with E-state index in [4.69, 9.17) is 0 Å². The van der Waals surface area contributed by atoms with Crippen LogP contribution in [0.3, 0.4) is 0 Å². The van der Waals surface area contributed by atoms with Gasteiger partial charge >= 0.3 is 0 Å². The molecule has 4 nitrogen and oxygen atoms in total. The number of anilines is 2. The summed E-state index contributed by atoms with van der Waals surface area (Å²) in [7, 11) is 0. The van der Waals surface area contributed by atoms with Gasteiger partial charge in [-0.2, -0.15) is 0 Å². The Kier molecular flexibility index (Phi) is 2.45. The first-order valence-corrected chi connectivity index (χ1v) is 4.63. The molecule has 2 N–H and O–H groups in total. The summed E-state index contributed by atoms with van der Waals surface area (Å²) in [6, 6.07) is 4.63. The van der Waals surface area contributed by atoms with Crippen LogP contribution in [0, 0.1) is 5.82 Å². The zero-order valence-corrected chi connectivity index (χ0v) is 8.55. The van der Waals surface area contributed by atoms with Crippen molar-refractivity contribution < 1.29 is 4.39 Å². The summed E-state index contributed by atoms with van der Waals surface area (Å²) in [5, 5.41) is 12.8. The molecule has 0 aliphatic carbocycles. The van der Waals surface area contributed by atoms with E-state index in [0.717, 1.165) is 5.69 Å². The van der Waals surface area contributed by atoms with Gasteiger partial charge in [-0.25, -0.2) is 9.49 Å². The van der Waals surface area contributed by atoms with Crippen LogP contribution in [0.4, 0.5) is 15.9 Å². The van der Waals surface area contributed by atoms with Gasteiger partial charge in [0, 0.05) is 5.69 Å². The normalized spacial score (nSPS) is 10.1. The van der Waals surface area contributed by atoms with E-state index in [-0.39, 0.29) is 5.82 Å². The number of rotatable bonds is 2. The Morgan fingerprint density at radius 1 is 1.43 bits per heavy atom. The minimum atomic E-state index is -0.293. The number of aromatic nitrogens is 3. The van der Waals surface area contributed by atoms with Crippen molar-refractivity contribution in [3.8, 4) is 0 Å². The van der Waals surface area contributed by atoms with Crippen LogP contribution in [-0.2, 0) is 0 Å². The molecule has 0 amide bonds. The van der Waals surface area contributed by atoms with Gasteiger partial charge in [-0.05, 0) is 34.1 Å². The molecule has 0 fully saturated rings. The standard InChI is InChI=1S/C8H6BrFN4/c9-6-3-5(1-2-7(6)10)12-8-4-11-14-13-8/h1-4H,(H2,11,12,13,14). The fraction of sp³-hybridized carbons (Fsp3) is 0. The van der Waals surface area contributed by atoms with Crippen molar-refractivity contribution in [3.63, 3.8) is 0 Å². The van der Waals surface area contributed by atoms with Crippen LogP contribution in [0.2, 0.25) is 0 Å². The maximum atomic E-state index is 12.9. The second-order valence-electron chi connectivity index (χ2n) is 2.62. The number of nitrogens with zero attached hydrogens (tertiary/aromatic N) is 2. The van der Waals surface area contributed by atoms with E-state index in [0.29, 0.717) is 10.3 Å². The number of H-pyrrole nitrogens is 1. The lowest BCUT2D eigenvalue weighted by molar-refractivity contribution is 0.621. The predicted octanol–water partition coefficient (Wildman–Crippen LogP) is 2.45. The lowest BCUT2D eigenvalue weighted by Crippen LogP contribution is -1.91. The molecule has 1 aromatic heterocycles. The fourth-order valence-corrected chi connectivity index (χ4v) is 1.37. The molecule has 2 rings (SSSR count). The summed E-state index contributed by atoms with van der Waals surface area (Å²) < 4.78 is 13.3. The van der Waals surface area contributed by atoms with Gasteiger partial charge in [-0.3, -0.25) is 0 Å². The van der Waals surface area contributed by atoms with Crippen LogP contribution in [0.5, 0.6) is 0 Å². The SMILES string of the molecule is Fc1ccc(Nc2cnn[nH]2)cc1Br. The summed E-state index contributed by atoms with van der Waals surface area (Å²) in [4.78, 5) is 0. The lowest BCUT2D eigenvalue weighted by Gasteiger charge is -2.03. The zero-order chi connectivity index (χ0) is 9.97. The molecule has 0 saturated carbocycles. The van der Waals surface area contributed by atoms with Gasteiger partial charge in [-0.1, -0.05) is 5.21 Å². The van der Waals surface area contributed by atoms with E-state index in [1.54, 1.807) is 12.1 Å². The molecule has 6 heteroatoms. The van der Waals surface area contributed by atoms with Crippen molar-refractivity contribution in [2.45, 2.75) is 0 Å². The van der Waals surface area contributed by atoms with E-state index in [2.05, 4.69) is 36.7 Å². The molecule has 14 heavy (non-hydrogen) atoms. The van der Waals surface area contributed by atoms with Gasteiger partial charge in [0.2, 0.25) is 0 Å². The minimum absolute atomic E-state index is 0.293. The van der Waals surface area contributed by atoms with Crippen molar-refractivity contribution in [2.24, 2.45) is 0 Å². The molecule has 72 valence electrons. The van der Waals surface area contributed by atoms with Crippen LogP contribution >= 0.6 is 15.9 Å². The number of hydrogen-bond donors (Lipinski definition) is 2. The topological polar surface area (TPSA) is 53.6 Å². The summed E-state index contributed by atoms with van der Waals surface area (Å²) in [6.07, 6.45) is 1.54. The van der Waals surface area contributed by atoms with E-state index in [9.17, 15) is 4.39 Å². The zero-order valence-electron chi connectivity index (χ0n) is 6.96. The van der Waals surface area contributed by atoms with Crippen molar-refractivity contribution in [1.82, 2.24) is 15.4 Å². The maximum Gasteiger partial charge on any atom is 0.146 e. The Labute approximate surface area is 87.7 Å². The quantitative estimate of drug-likeness (QED) is 0.868. The molecule has 0 radical (unpaired) electrons. The molecule has 0 aliphatic heterocycles. The van der Waals surface area contributed by atoms with Crippen molar-refractivity contribution in [3.05, 3.63) is 34.7 Å². The van der Waals surface area contributed by atoms with Gasteiger partial charge in [0.1, 0.15) is 11.6 Å². The van der Waals surface area contributed by atoms with Crippen LogP contribution in [0.15, 0.2) is 28.9 Å². The molecule has 0 atom stereocenters. The van der Waals surface area contributed by atoms with Gasteiger partial charge < -0.3 is 5.32 Å². The number of hydrogen-bond acceptors (Lipinski definition) is 3. The number of halogens is 2. The van der Waals surface area contributed by atoms with E-state index < -0.39 is 0 Å². The number of nitrogens with one attached hydrogen (secondary N) is 2. The molecule has 1 heterocycles. The van der Waals surface area contributed by atoms with Gasteiger partial charge in [-0.15, -0.1) is 5.10 Å². The van der Waals surface area contributed by atoms with E-state index in [1.165, 1.54) is 12.3 Å². The third-order valence-electron chi connectivity index (χ3n) is 1.61. The van der Waals surface area contributed by atoms with E-state index in [1.807, 2.05) is 0 Å². The Balaban J connectivity index is 2.22. The summed E-state index contributed by atoms with van der Waals surface area (Å²) in [5.41, 5.74) is 0.754. The van der Waals surface area contributed by atoms with Crippen LogP contribution in [-0.4, -0.2) is 15.4 Å². The maximum absolute atomic E-state index is 12.9. The smallest absolute Gasteiger partial charge is 0.146 e. The van der Waals surface area contributed by atoms with Gasteiger partial charge in [0.05, 0.1) is 10.7 Å². The number of benzene rings is 1. The Morgan fingerprint density at radius 3 is 2.93 bits per heavy atom.